The molecule has 2 aliphatic heterocycles. The minimum absolute atomic E-state index is 0.266. The summed E-state index contributed by atoms with van der Waals surface area (Å²) in [7, 11) is 0. The van der Waals surface area contributed by atoms with Gasteiger partial charge in [0.15, 0.2) is 0 Å². The largest absolute Gasteiger partial charge is 0.444 e. The van der Waals surface area contributed by atoms with E-state index in [1.807, 2.05) is 0 Å². The first-order valence-electron chi connectivity index (χ1n) is 5.13. The van der Waals surface area contributed by atoms with Crippen LogP contribution in [0.1, 0.15) is 20.8 Å². The summed E-state index contributed by atoms with van der Waals surface area (Å²) in [6.45, 7) is 5.54. The maximum Gasteiger partial charge on any atom is 0.410 e. The Kier molecular flexibility index (Phi) is 2.19. The van der Waals surface area contributed by atoms with Gasteiger partial charge >= 0.3 is 6.09 Å². The molecule has 3 fully saturated rings. The SMILES string of the molecule is CC(C)(C)OC(=O)N1C[C@@H]2[C@@H](O)[C@H]1[C@H]2F. The summed E-state index contributed by atoms with van der Waals surface area (Å²) in [5.41, 5.74) is -0.583. The normalized spacial score (nSPS) is 38.9. The van der Waals surface area contributed by atoms with Gasteiger partial charge in [-0.25, -0.2) is 9.18 Å². The number of ether oxygens (including phenoxy) is 1. The third-order valence-electron chi connectivity index (χ3n) is 2.92. The van der Waals surface area contributed by atoms with Gasteiger partial charge < -0.3 is 9.84 Å². The average Bonchev–Trinajstić information content (AvgIpc) is 2.57. The van der Waals surface area contributed by atoms with Crippen molar-refractivity contribution in [1.29, 1.82) is 0 Å². The molecule has 0 aromatic carbocycles. The first-order valence-corrected chi connectivity index (χ1v) is 5.13. The number of fused-ring (bicyclic) bond motifs is 1. The van der Waals surface area contributed by atoms with Gasteiger partial charge in [0.25, 0.3) is 0 Å². The zero-order chi connectivity index (χ0) is 11.4. The summed E-state index contributed by atoms with van der Waals surface area (Å²) in [4.78, 5) is 12.9. The van der Waals surface area contributed by atoms with Crippen LogP contribution in [0.15, 0.2) is 0 Å². The first-order chi connectivity index (χ1) is 6.81. The van der Waals surface area contributed by atoms with Crippen molar-refractivity contribution < 1.29 is 19.0 Å². The van der Waals surface area contributed by atoms with Crippen LogP contribution in [0, 0.1) is 5.92 Å². The van der Waals surface area contributed by atoms with E-state index in [1.165, 1.54) is 4.90 Å². The van der Waals surface area contributed by atoms with E-state index >= 15 is 0 Å². The van der Waals surface area contributed by atoms with E-state index < -0.39 is 35.9 Å². The summed E-state index contributed by atoms with van der Waals surface area (Å²) in [6, 6.07) is -0.690. The predicted octanol–water partition coefficient (Wildman–Crippen LogP) is 0.935. The third kappa shape index (κ3) is 1.58. The number of hydrogen-bond acceptors (Lipinski definition) is 3. The monoisotopic (exact) mass is 217 g/mol. The van der Waals surface area contributed by atoms with Crippen molar-refractivity contribution in [3.63, 3.8) is 0 Å². The highest BCUT2D eigenvalue weighted by Crippen LogP contribution is 2.43. The van der Waals surface area contributed by atoms with Gasteiger partial charge in [-0.15, -0.1) is 0 Å². The van der Waals surface area contributed by atoms with Gasteiger partial charge in [0.2, 0.25) is 0 Å². The number of rotatable bonds is 0. The van der Waals surface area contributed by atoms with Crippen LogP contribution in [0.4, 0.5) is 9.18 Å². The predicted molar refractivity (Wildman–Crippen MR) is 51.1 cm³/mol. The molecule has 1 amide bonds. The van der Waals surface area contributed by atoms with Gasteiger partial charge in [0, 0.05) is 12.5 Å². The lowest BCUT2D eigenvalue weighted by Gasteiger charge is -2.36. The summed E-state index contributed by atoms with van der Waals surface area (Å²) in [5, 5.41) is 9.45. The number of carbonyl (C=O) groups is 1. The molecule has 5 heteroatoms. The molecular weight excluding hydrogens is 201 g/mol. The molecule has 0 spiro atoms. The molecule has 15 heavy (non-hydrogen) atoms. The minimum Gasteiger partial charge on any atom is -0.444 e. The lowest BCUT2D eigenvalue weighted by atomic mass is 9.80. The Bertz CT molecular complexity index is 279. The quantitative estimate of drug-likeness (QED) is 0.656. The summed E-state index contributed by atoms with van der Waals surface area (Å²) in [5.74, 6) is -0.414. The number of amides is 1. The molecule has 4 nitrogen and oxygen atoms in total. The van der Waals surface area contributed by atoms with E-state index in [2.05, 4.69) is 0 Å². The molecule has 86 valence electrons. The Morgan fingerprint density at radius 2 is 2.13 bits per heavy atom. The van der Waals surface area contributed by atoms with Crippen LogP contribution in [0.3, 0.4) is 0 Å². The van der Waals surface area contributed by atoms with Crippen LogP contribution in [0.5, 0.6) is 0 Å². The molecule has 2 heterocycles. The summed E-state index contributed by atoms with van der Waals surface area (Å²) in [6.07, 6.45) is -2.34. The fourth-order valence-corrected chi connectivity index (χ4v) is 2.17. The van der Waals surface area contributed by atoms with E-state index in [0.717, 1.165) is 0 Å². The van der Waals surface area contributed by atoms with Crippen LogP contribution < -0.4 is 0 Å². The van der Waals surface area contributed by atoms with Crippen LogP contribution in [-0.4, -0.2) is 46.6 Å². The number of nitrogens with zero attached hydrogens (tertiary/aromatic N) is 1. The van der Waals surface area contributed by atoms with Crippen LogP contribution in [0.25, 0.3) is 0 Å². The third-order valence-corrected chi connectivity index (χ3v) is 2.92. The lowest BCUT2D eigenvalue weighted by molar-refractivity contribution is -0.0534. The van der Waals surface area contributed by atoms with E-state index in [-0.39, 0.29) is 6.54 Å². The molecule has 1 saturated carbocycles. The molecule has 2 bridgehead atoms. The fraction of sp³-hybridized carbons (Fsp3) is 0.900. The molecule has 3 aliphatic rings. The number of hydrogen-bond donors (Lipinski definition) is 1. The lowest BCUT2D eigenvalue weighted by Crippen LogP contribution is -2.55. The van der Waals surface area contributed by atoms with Crippen molar-refractivity contribution in [3.8, 4) is 0 Å². The maximum atomic E-state index is 13.3. The average molecular weight is 217 g/mol. The molecule has 2 saturated heterocycles. The van der Waals surface area contributed by atoms with Crippen molar-refractivity contribution in [2.45, 2.75) is 44.7 Å². The van der Waals surface area contributed by atoms with E-state index in [9.17, 15) is 14.3 Å². The first kappa shape index (κ1) is 10.7. The molecule has 3 rings (SSSR count). The number of alkyl halides is 1. The number of halogens is 1. The Labute approximate surface area is 88.0 Å². The van der Waals surface area contributed by atoms with Crippen molar-refractivity contribution in [2.75, 3.05) is 6.54 Å². The molecule has 1 N–H and O–H groups in total. The van der Waals surface area contributed by atoms with Crippen LogP contribution in [-0.2, 0) is 4.74 Å². The molecule has 4 atom stereocenters. The second kappa shape index (κ2) is 3.07. The van der Waals surface area contributed by atoms with Crippen molar-refractivity contribution in [1.82, 2.24) is 4.90 Å². The van der Waals surface area contributed by atoms with Gasteiger partial charge in [0.05, 0.1) is 12.1 Å². The molecular formula is C10H16FNO3. The molecule has 0 unspecified atom stereocenters. The van der Waals surface area contributed by atoms with Gasteiger partial charge in [-0.2, -0.15) is 0 Å². The Hall–Kier alpha value is -0.840. The Morgan fingerprint density at radius 1 is 1.53 bits per heavy atom. The topological polar surface area (TPSA) is 49.8 Å². The molecule has 0 aromatic heterocycles. The Morgan fingerprint density at radius 3 is 2.47 bits per heavy atom. The van der Waals surface area contributed by atoms with Gasteiger partial charge in [-0.05, 0) is 20.8 Å². The number of aliphatic hydroxyl groups is 1. The molecule has 0 aromatic rings. The van der Waals surface area contributed by atoms with Crippen molar-refractivity contribution in [3.05, 3.63) is 0 Å². The van der Waals surface area contributed by atoms with Gasteiger partial charge in [-0.1, -0.05) is 0 Å². The highest BCUT2D eigenvalue weighted by atomic mass is 19.1. The van der Waals surface area contributed by atoms with Crippen LogP contribution >= 0.6 is 0 Å². The second-order valence-corrected chi connectivity index (χ2v) is 5.22. The smallest absolute Gasteiger partial charge is 0.410 e. The highest BCUT2D eigenvalue weighted by Gasteiger charge is 2.62. The van der Waals surface area contributed by atoms with E-state index in [1.54, 1.807) is 20.8 Å². The number of aliphatic hydroxyl groups excluding tert-OH is 1. The zero-order valence-corrected chi connectivity index (χ0v) is 9.11. The van der Waals surface area contributed by atoms with Gasteiger partial charge in [-0.3, -0.25) is 4.90 Å². The minimum atomic E-state index is -1.09. The Balaban J connectivity index is 1.99. The zero-order valence-electron chi connectivity index (χ0n) is 9.11. The van der Waals surface area contributed by atoms with Crippen molar-refractivity contribution in [2.24, 2.45) is 5.92 Å². The summed E-state index contributed by atoms with van der Waals surface area (Å²) < 4.78 is 18.4. The van der Waals surface area contributed by atoms with E-state index in [0.29, 0.717) is 0 Å². The molecule has 0 radical (unpaired) electrons. The molecule has 1 aliphatic carbocycles. The van der Waals surface area contributed by atoms with Gasteiger partial charge in [0.1, 0.15) is 11.8 Å². The van der Waals surface area contributed by atoms with E-state index in [4.69, 9.17) is 4.74 Å². The fourth-order valence-electron chi connectivity index (χ4n) is 2.17. The highest BCUT2D eigenvalue weighted by molar-refractivity contribution is 5.70. The van der Waals surface area contributed by atoms with Crippen molar-refractivity contribution >= 4 is 6.09 Å². The maximum absolute atomic E-state index is 13.3. The summed E-state index contributed by atoms with van der Waals surface area (Å²) >= 11 is 0. The number of carbonyl (C=O) groups excluding carboxylic acids is 1. The standard InChI is InChI=1S/C10H16FNO3/c1-10(2,3)15-9(14)12-4-5-6(11)7(12)8(5)13/h5-8,13H,4H2,1-3H3/t5-,6-,7+,8+/m0/s1. The second-order valence-electron chi connectivity index (χ2n) is 5.22. The van der Waals surface area contributed by atoms with Crippen LogP contribution in [0.2, 0.25) is 0 Å².